The van der Waals surface area contributed by atoms with Gasteiger partial charge in [0.25, 0.3) is 0 Å². The van der Waals surface area contributed by atoms with Crippen molar-refractivity contribution in [3.63, 3.8) is 0 Å². The Labute approximate surface area is 107 Å². The summed E-state index contributed by atoms with van der Waals surface area (Å²) < 4.78 is 11.0. The molecule has 1 aromatic rings. The molecule has 0 N–H and O–H groups in total. The van der Waals surface area contributed by atoms with Gasteiger partial charge in [0, 0.05) is 19.7 Å². The van der Waals surface area contributed by atoms with Gasteiger partial charge in [-0.3, -0.25) is 0 Å². The average molecular weight is 343 g/mol. The predicted molar refractivity (Wildman–Crippen MR) is 66.2 cm³/mol. The molecule has 4 nitrogen and oxygen atoms in total. The Kier molecular flexibility index (Phi) is 6.39. The average Bonchev–Trinajstić information content (AvgIpc) is 2.23. The maximum atomic E-state index is 5.86. The first-order valence-electron chi connectivity index (χ1n) is 4.47. The quantitative estimate of drug-likeness (QED) is 0.450. The van der Waals surface area contributed by atoms with Crippen molar-refractivity contribution < 1.29 is 9.47 Å². The molecular weight excluding hydrogens is 330 g/mol. The normalized spacial score (nSPS) is 10.6. The zero-order chi connectivity index (χ0) is 11.1. The Hall–Kier alpha value is 0.0200. The van der Waals surface area contributed by atoms with Crippen LogP contribution in [0.3, 0.4) is 0 Å². The van der Waals surface area contributed by atoms with Crippen molar-refractivity contribution in [2.45, 2.75) is 6.42 Å². The molecule has 0 aliphatic heterocycles. The van der Waals surface area contributed by atoms with E-state index in [1.807, 2.05) is 0 Å². The molecule has 6 heteroatoms. The first kappa shape index (κ1) is 13.1. The number of rotatable bonds is 6. The third kappa shape index (κ3) is 5.05. The fourth-order valence-corrected chi connectivity index (χ4v) is 1.31. The minimum atomic E-state index is 0.498. The zero-order valence-electron chi connectivity index (χ0n) is 8.37. The molecule has 0 atom stereocenters. The van der Waals surface area contributed by atoms with Crippen molar-refractivity contribution in [2.75, 3.05) is 26.9 Å². The standard InChI is InChI=1S/C9H12ClIN2O2/c1-14-4-5-15-3-2-8-12-6-7(11)9(10)13-8/h6H,2-5H2,1H3. The summed E-state index contributed by atoms with van der Waals surface area (Å²) in [5.41, 5.74) is 0. The molecule has 1 rings (SSSR count). The van der Waals surface area contributed by atoms with Gasteiger partial charge in [0.2, 0.25) is 0 Å². The Morgan fingerprint density at radius 2 is 2.20 bits per heavy atom. The van der Waals surface area contributed by atoms with Crippen molar-refractivity contribution in [3.05, 3.63) is 20.7 Å². The van der Waals surface area contributed by atoms with Crippen molar-refractivity contribution >= 4 is 34.2 Å². The van der Waals surface area contributed by atoms with E-state index in [1.165, 1.54) is 0 Å². The third-order valence-electron chi connectivity index (χ3n) is 1.65. The number of halogens is 2. The molecule has 0 spiro atoms. The lowest BCUT2D eigenvalue weighted by atomic mass is 10.4. The molecule has 0 bridgehead atoms. The summed E-state index contributed by atoms with van der Waals surface area (Å²) in [5, 5.41) is 0.498. The largest absolute Gasteiger partial charge is 0.382 e. The van der Waals surface area contributed by atoms with Crippen molar-refractivity contribution in [1.82, 2.24) is 9.97 Å². The highest BCUT2D eigenvalue weighted by atomic mass is 127. The number of hydrogen-bond donors (Lipinski definition) is 0. The summed E-state index contributed by atoms with van der Waals surface area (Å²) in [6.07, 6.45) is 2.38. The molecule has 0 radical (unpaired) electrons. The van der Waals surface area contributed by atoms with E-state index in [4.69, 9.17) is 21.1 Å². The van der Waals surface area contributed by atoms with E-state index in [9.17, 15) is 0 Å². The fourth-order valence-electron chi connectivity index (χ4n) is 0.908. The van der Waals surface area contributed by atoms with Crippen LogP contribution in [0.5, 0.6) is 0 Å². The molecule has 0 amide bonds. The van der Waals surface area contributed by atoms with Gasteiger partial charge in [-0.05, 0) is 22.6 Å². The fraction of sp³-hybridized carbons (Fsp3) is 0.556. The monoisotopic (exact) mass is 342 g/mol. The molecule has 1 aromatic heterocycles. The molecule has 15 heavy (non-hydrogen) atoms. The zero-order valence-corrected chi connectivity index (χ0v) is 11.3. The maximum Gasteiger partial charge on any atom is 0.146 e. The van der Waals surface area contributed by atoms with Gasteiger partial charge >= 0.3 is 0 Å². The van der Waals surface area contributed by atoms with E-state index in [0.717, 1.165) is 3.57 Å². The second-order valence-corrected chi connectivity index (χ2v) is 4.30. The topological polar surface area (TPSA) is 44.2 Å². The Balaban J connectivity index is 2.28. The molecule has 0 saturated heterocycles. The molecule has 0 aliphatic rings. The van der Waals surface area contributed by atoms with Gasteiger partial charge in [-0.2, -0.15) is 0 Å². The summed E-state index contributed by atoms with van der Waals surface area (Å²) in [4.78, 5) is 8.27. The number of nitrogens with zero attached hydrogens (tertiary/aromatic N) is 2. The van der Waals surface area contributed by atoms with Crippen molar-refractivity contribution in [2.24, 2.45) is 0 Å². The van der Waals surface area contributed by atoms with Gasteiger partial charge in [-0.25, -0.2) is 9.97 Å². The van der Waals surface area contributed by atoms with E-state index in [-0.39, 0.29) is 0 Å². The van der Waals surface area contributed by atoms with Crippen molar-refractivity contribution in [3.8, 4) is 0 Å². The number of methoxy groups -OCH3 is 1. The molecule has 0 unspecified atom stereocenters. The van der Waals surface area contributed by atoms with Crippen molar-refractivity contribution in [1.29, 1.82) is 0 Å². The summed E-state index contributed by atoms with van der Waals surface area (Å²) in [6.45, 7) is 1.78. The van der Waals surface area contributed by atoms with Gasteiger partial charge in [0.15, 0.2) is 0 Å². The number of aromatic nitrogens is 2. The van der Waals surface area contributed by atoms with E-state index >= 15 is 0 Å². The van der Waals surface area contributed by atoms with Crippen LogP contribution >= 0.6 is 34.2 Å². The summed E-state index contributed by atoms with van der Waals surface area (Å²) in [7, 11) is 1.64. The van der Waals surface area contributed by atoms with Crippen LogP contribution < -0.4 is 0 Å². The van der Waals surface area contributed by atoms with Crippen LogP contribution in [0.2, 0.25) is 5.15 Å². The van der Waals surface area contributed by atoms with Gasteiger partial charge in [0.05, 0.1) is 23.4 Å². The minimum absolute atomic E-state index is 0.498. The highest BCUT2D eigenvalue weighted by Gasteiger charge is 2.02. The van der Waals surface area contributed by atoms with Crippen LogP contribution in [0.25, 0.3) is 0 Å². The van der Waals surface area contributed by atoms with Crippen LogP contribution in [0, 0.1) is 3.57 Å². The van der Waals surface area contributed by atoms with Crippen LogP contribution in [0.4, 0.5) is 0 Å². The number of ether oxygens (including phenoxy) is 2. The third-order valence-corrected chi connectivity index (χ3v) is 3.05. The first-order valence-corrected chi connectivity index (χ1v) is 5.93. The lowest BCUT2D eigenvalue weighted by Crippen LogP contribution is -2.07. The molecule has 0 fully saturated rings. The molecule has 0 saturated carbocycles. The maximum absolute atomic E-state index is 5.86. The first-order chi connectivity index (χ1) is 7.24. The Morgan fingerprint density at radius 3 is 2.87 bits per heavy atom. The SMILES string of the molecule is COCCOCCc1ncc(I)c(Cl)n1. The van der Waals surface area contributed by atoms with E-state index in [1.54, 1.807) is 13.3 Å². The molecule has 0 aliphatic carbocycles. The molecule has 1 heterocycles. The van der Waals surface area contributed by atoms with Gasteiger partial charge in [0.1, 0.15) is 11.0 Å². The lowest BCUT2D eigenvalue weighted by molar-refractivity contribution is 0.0716. The lowest BCUT2D eigenvalue weighted by Gasteiger charge is -2.03. The van der Waals surface area contributed by atoms with Crippen LogP contribution in [-0.4, -0.2) is 36.9 Å². The smallest absolute Gasteiger partial charge is 0.146 e. The summed E-state index contributed by atoms with van der Waals surface area (Å²) >= 11 is 7.95. The summed E-state index contributed by atoms with van der Waals surface area (Å²) in [6, 6.07) is 0. The van der Waals surface area contributed by atoms with Gasteiger partial charge in [-0.1, -0.05) is 11.6 Å². The highest BCUT2D eigenvalue weighted by molar-refractivity contribution is 14.1. The minimum Gasteiger partial charge on any atom is -0.382 e. The highest BCUT2D eigenvalue weighted by Crippen LogP contribution is 2.13. The summed E-state index contributed by atoms with van der Waals surface area (Å²) in [5.74, 6) is 0.706. The second-order valence-electron chi connectivity index (χ2n) is 2.78. The van der Waals surface area contributed by atoms with Crippen LogP contribution in [-0.2, 0) is 15.9 Å². The van der Waals surface area contributed by atoms with Crippen LogP contribution in [0.15, 0.2) is 6.20 Å². The molecule has 0 aromatic carbocycles. The Bertz CT molecular complexity index is 312. The number of hydrogen-bond acceptors (Lipinski definition) is 4. The van der Waals surface area contributed by atoms with E-state index in [0.29, 0.717) is 37.2 Å². The predicted octanol–water partition coefficient (Wildman–Crippen LogP) is 1.94. The van der Waals surface area contributed by atoms with Gasteiger partial charge in [-0.15, -0.1) is 0 Å². The van der Waals surface area contributed by atoms with Gasteiger partial charge < -0.3 is 9.47 Å². The molecule has 84 valence electrons. The second kappa shape index (κ2) is 7.32. The molecular formula is C9H12ClIN2O2. The van der Waals surface area contributed by atoms with Crippen LogP contribution in [0.1, 0.15) is 5.82 Å². The van der Waals surface area contributed by atoms with E-state index in [2.05, 4.69) is 32.6 Å². The Morgan fingerprint density at radius 1 is 1.40 bits per heavy atom. The van der Waals surface area contributed by atoms with E-state index < -0.39 is 0 Å².